The molecule has 3 nitrogen and oxygen atoms in total. The monoisotopic (exact) mass is 328 g/mol. The molecule has 0 unspecified atom stereocenters. The first-order chi connectivity index (χ1) is 10.7. The lowest BCUT2D eigenvalue weighted by Gasteiger charge is -2.15. The van der Waals surface area contributed by atoms with Gasteiger partial charge in [0.05, 0.1) is 6.54 Å². The SMILES string of the molecule is CN(CCc1c[nH]c2ccccc12)CC(=O)c1ccccc1.Cl. The Hall–Kier alpha value is -2.10. The van der Waals surface area contributed by atoms with Crippen LogP contribution in [-0.2, 0) is 6.42 Å². The summed E-state index contributed by atoms with van der Waals surface area (Å²) in [7, 11) is 2.00. The van der Waals surface area contributed by atoms with Gasteiger partial charge in [0.2, 0.25) is 0 Å². The molecule has 0 radical (unpaired) electrons. The third kappa shape index (κ3) is 4.21. The summed E-state index contributed by atoms with van der Waals surface area (Å²) in [5.41, 5.74) is 3.25. The van der Waals surface area contributed by atoms with E-state index in [0.29, 0.717) is 6.54 Å². The Bertz CT molecular complexity index is 767. The van der Waals surface area contributed by atoms with Gasteiger partial charge >= 0.3 is 0 Å². The number of nitrogens with one attached hydrogen (secondary N) is 1. The average Bonchev–Trinajstić information content (AvgIpc) is 2.97. The van der Waals surface area contributed by atoms with E-state index in [4.69, 9.17) is 0 Å². The van der Waals surface area contributed by atoms with E-state index in [-0.39, 0.29) is 18.2 Å². The number of aromatic amines is 1. The number of nitrogens with zero attached hydrogens (tertiary/aromatic N) is 1. The van der Waals surface area contributed by atoms with Gasteiger partial charge in [0.15, 0.2) is 5.78 Å². The molecule has 0 amide bonds. The van der Waals surface area contributed by atoms with E-state index in [2.05, 4.69) is 34.3 Å². The van der Waals surface area contributed by atoms with E-state index in [1.54, 1.807) is 0 Å². The molecule has 0 aliphatic rings. The zero-order valence-electron chi connectivity index (χ0n) is 13.2. The maximum Gasteiger partial charge on any atom is 0.176 e. The highest BCUT2D eigenvalue weighted by atomic mass is 35.5. The van der Waals surface area contributed by atoms with E-state index in [9.17, 15) is 4.79 Å². The van der Waals surface area contributed by atoms with Crippen molar-refractivity contribution in [2.75, 3.05) is 20.1 Å². The summed E-state index contributed by atoms with van der Waals surface area (Å²) in [6, 6.07) is 17.8. The molecule has 3 rings (SSSR count). The minimum atomic E-state index is 0. The van der Waals surface area contributed by atoms with Gasteiger partial charge in [0.25, 0.3) is 0 Å². The van der Waals surface area contributed by atoms with Crippen molar-refractivity contribution in [2.24, 2.45) is 0 Å². The first-order valence-electron chi connectivity index (χ1n) is 7.56. The summed E-state index contributed by atoms with van der Waals surface area (Å²) >= 11 is 0. The van der Waals surface area contributed by atoms with Gasteiger partial charge in [0.1, 0.15) is 0 Å². The molecule has 0 aliphatic heterocycles. The minimum absolute atomic E-state index is 0. The van der Waals surface area contributed by atoms with Crippen LogP contribution in [0.15, 0.2) is 60.8 Å². The highest BCUT2D eigenvalue weighted by Crippen LogP contribution is 2.18. The Labute approximate surface area is 142 Å². The van der Waals surface area contributed by atoms with Crippen LogP contribution in [0.4, 0.5) is 0 Å². The molecule has 2 aromatic carbocycles. The molecule has 4 heteroatoms. The molecular weight excluding hydrogens is 308 g/mol. The number of ketones is 1. The van der Waals surface area contributed by atoms with Gasteiger partial charge in [-0.1, -0.05) is 48.5 Å². The number of carbonyl (C=O) groups is 1. The number of para-hydroxylation sites is 1. The number of aromatic nitrogens is 1. The van der Waals surface area contributed by atoms with Gasteiger partial charge in [-0.25, -0.2) is 0 Å². The van der Waals surface area contributed by atoms with Crippen LogP contribution in [0.2, 0.25) is 0 Å². The highest BCUT2D eigenvalue weighted by molar-refractivity contribution is 5.97. The molecule has 1 N–H and O–H groups in total. The van der Waals surface area contributed by atoms with Crippen molar-refractivity contribution in [3.8, 4) is 0 Å². The summed E-state index contributed by atoms with van der Waals surface area (Å²) in [6.45, 7) is 1.31. The zero-order valence-corrected chi connectivity index (χ0v) is 14.0. The number of halogens is 1. The van der Waals surface area contributed by atoms with Crippen molar-refractivity contribution in [3.63, 3.8) is 0 Å². The normalized spacial score (nSPS) is 10.7. The van der Waals surface area contributed by atoms with Crippen molar-refractivity contribution in [1.29, 1.82) is 0 Å². The minimum Gasteiger partial charge on any atom is -0.361 e. The molecule has 1 heterocycles. The molecule has 0 fully saturated rings. The van der Waals surface area contributed by atoms with Crippen molar-refractivity contribution in [3.05, 3.63) is 71.9 Å². The predicted molar refractivity (Wildman–Crippen MR) is 97.5 cm³/mol. The van der Waals surface area contributed by atoms with Crippen LogP contribution in [0.5, 0.6) is 0 Å². The number of benzene rings is 2. The number of Topliss-reactive ketones (excluding diaryl/α,β-unsaturated/α-hetero) is 1. The van der Waals surface area contributed by atoms with Gasteiger partial charge < -0.3 is 4.98 Å². The fraction of sp³-hybridized carbons (Fsp3) is 0.211. The van der Waals surface area contributed by atoms with Crippen LogP contribution in [0.3, 0.4) is 0 Å². The Morgan fingerprint density at radius 2 is 1.74 bits per heavy atom. The second-order valence-electron chi connectivity index (χ2n) is 5.64. The quantitative estimate of drug-likeness (QED) is 0.696. The number of carbonyl (C=O) groups excluding carboxylic acids is 1. The third-order valence-corrected chi connectivity index (χ3v) is 3.95. The average molecular weight is 329 g/mol. The summed E-state index contributed by atoms with van der Waals surface area (Å²) < 4.78 is 0. The fourth-order valence-electron chi connectivity index (χ4n) is 2.69. The van der Waals surface area contributed by atoms with Gasteiger partial charge in [-0.2, -0.15) is 0 Å². The Kier molecular flexibility index (Phi) is 5.97. The smallest absolute Gasteiger partial charge is 0.176 e. The molecule has 1 aromatic heterocycles. The lowest BCUT2D eigenvalue weighted by Crippen LogP contribution is -2.28. The van der Waals surface area contributed by atoms with Gasteiger partial charge in [-0.15, -0.1) is 12.4 Å². The number of H-pyrrole nitrogens is 1. The number of rotatable bonds is 6. The molecular formula is C19H21ClN2O. The Morgan fingerprint density at radius 3 is 2.52 bits per heavy atom. The Balaban J connectivity index is 0.00000192. The van der Waals surface area contributed by atoms with Crippen molar-refractivity contribution in [2.45, 2.75) is 6.42 Å². The van der Waals surface area contributed by atoms with Crippen molar-refractivity contribution >= 4 is 29.1 Å². The highest BCUT2D eigenvalue weighted by Gasteiger charge is 2.10. The molecule has 0 aliphatic carbocycles. The zero-order chi connectivity index (χ0) is 15.4. The summed E-state index contributed by atoms with van der Waals surface area (Å²) in [4.78, 5) is 17.6. The van der Waals surface area contributed by atoms with Crippen LogP contribution < -0.4 is 0 Å². The molecule has 23 heavy (non-hydrogen) atoms. The van der Waals surface area contributed by atoms with E-state index < -0.39 is 0 Å². The van der Waals surface area contributed by atoms with Gasteiger partial charge in [0, 0.05) is 29.2 Å². The van der Waals surface area contributed by atoms with E-state index in [0.717, 1.165) is 18.5 Å². The third-order valence-electron chi connectivity index (χ3n) is 3.95. The first-order valence-corrected chi connectivity index (χ1v) is 7.56. The van der Waals surface area contributed by atoms with Crippen molar-refractivity contribution in [1.82, 2.24) is 9.88 Å². The van der Waals surface area contributed by atoms with E-state index >= 15 is 0 Å². The van der Waals surface area contributed by atoms with Crippen LogP contribution in [0, 0.1) is 0 Å². The number of hydrogen-bond acceptors (Lipinski definition) is 2. The maximum atomic E-state index is 12.2. The van der Waals surface area contributed by atoms with Crippen LogP contribution in [-0.4, -0.2) is 35.8 Å². The number of fused-ring (bicyclic) bond motifs is 1. The lowest BCUT2D eigenvalue weighted by atomic mass is 10.1. The summed E-state index contributed by atoms with van der Waals surface area (Å²) in [5, 5.41) is 1.27. The predicted octanol–water partition coefficient (Wildman–Crippen LogP) is 3.95. The van der Waals surface area contributed by atoms with Crippen molar-refractivity contribution < 1.29 is 4.79 Å². The molecule has 120 valence electrons. The van der Waals surface area contributed by atoms with E-state index in [1.807, 2.05) is 43.4 Å². The van der Waals surface area contributed by atoms with Crippen LogP contribution >= 0.6 is 12.4 Å². The molecule has 0 atom stereocenters. The molecule has 0 spiro atoms. The molecule has 0 saturated carbocycles. The fourth-order valence-corrected chi connectivity index (χ4v) is 2.69. The van der Waals surface area contributed by atoms with Gasteiger partial charge in [-0.05, 0) is 25.1 Å². The standard InChI is InChI=1S/C19H20N2O.ClH/c1-21(14-19(22)15-7-3-2-4-8-15)12-11-16-13-20-18-10-6-5-9-17(16)18;/h2-10,13,20H,11-12,14H2,1H3;1H. The summed E-state index contributed by atoms with van der Waals surface area (Å²) in [6.07, 6.45) is 3.00. The van der Waals surface area contributed by atoms with Crippen LogP contribution in [0.1, 0.15) is 15.9 Å². The van der Waals surface area contributed by atoms with Gasteiger partial charge in [-0.3, -0.25) is 9.69 Å². The number of likely N-dealkylation sites (N-methyl/N-ethyl adjacent to an activating group) is 1. The lowest BCUT2D eigenvalue weighted by molar-refractivity contribution is 0.0947. The van der Waals surface area contributed by atoms with E-state index in [1.165, 1.54) is 16.5 Å². The van der Waals surface area contributed by atoms with Crippen LogP contribution in [0.25, 0.3) is 10.9 Å². The molecule has 0 saturated heterocycles. The second kappa shape index (κ2) is 7.95. The Morgan fingerprint density at radius 1 is 1.04 bits per heavy atom. The topological polar surface area (TPSA) is 36.1 Å². The first kappa shape index (κ1) is 17.3. The largest absolute Gasteiger partial charge is 0.361 e. The second-order valence-corrected chi connectivity index (χ2v) is 5.64. The molecule has 0 bridgehead atoms. The molecule has 3 aromatic rings. The summed E-state index contributed by atoms with van der Waals surface area (Å²) in [5.74, 6) is 0.169. The number of hydrogen-bond donors (Lipinski definition) is 1. The maximum absolute atomic E-state index is 12.2.